The molecular weight excluding hydrogens is 236 g/mol. The summed E-state index contributed by atoms with van der Waals surface area (Å²) in [6.07, 6.45) is 2.08. The largest absolute Gasteiger partial charge is 0.347 e. The van der Waals surface area contributed by atoms with Crippen LogP contribution in [0.4, 0.5) is 5.69 Å². The third kappa shape index (κ3) is 3.07. The van der Waals surface area contributed by atoms with Crippen LogP contribution in [0, 0.1) is 10.1 Å². The quantitative estimate of drug-likeness (QED) is 0.581. The molecule has 7 heteroatoms. The molecule has 1 amide bonds. The molecule has 100 valence electrons. The molecule has 0 radical (unpaired) electrons. The number of hydrogen-bond donors (Lipinski definition) is 2. The van der Waals surface area contributed by atoms with E-state index in [0.29, 0.717) is 13.1 Å². The second kappa shape index (κ2) is 6.15. The molecule has 0 bridgehead atoms. The number of nitro groups is 1. The lowest BCUT2D eigenvalue weighted by Gasteiger charge is -2.14. The summed E-state index contributed by atoms with van der Waals surface area (Å²) in [7, 11) is 0. The maximum Gasteiger partial charge on any atom is 0.287 e. The average Bonchev–Trinajstić information content (AvgIpc) is 2.79. The minimum Gasteiger partial charge on any atom is -0.347 e. The molecular formula is C11H18N4O3. The first-order chi connectivity index (χ1) is 8.53. The van der Waals surface area contributed by atoms with Crippen molar-refractivity contribution in [3.8, 4) is 0 Å². The van der Waals surface area contributed by atoms with Crippen LogP contribution in [-0.2, 0) is 6.54 Å². The van der Waals surface area contributed by atoms with Crippen molar-refractivity contribution in [2.24, 2.45) is 5.73 Å². The maximum atomic E-state index is 12.0. The number of aromatic nitrogens is 1. The van der Waals surface area contributed by atoms with E-state index in [1.54, 1.807) is 4.57 Å². The second-order valence-corrected chi connectivity index (χ2v) is 3.94. The van der Waals surface area contributed by atoms with Crippen LogP contribution in [0.1, 0.15) is 30.8 Å². The molecule has 1 atom stereocenters. The number of nitrogens with zero attached hydrogens (tertiary/aromatic N) is 2. The molecule has 0 saturated carbocycles. The van der Waals surface area contributed by atoms with Crippen molar-refractivity contribution < 1.29 is 9.72 Å². The highest BCUT2D eigenvalue weighted by molar-refractivity contribution is 5.93. The Morgan fingerprint density at radius 2 is 2.28 bits per heavy atom. The van der Waals surface area contributed by atoms with Crippen LogP contribution in [0.2, 0.25) is 0 Å². The zero-order valence-electron chi connectivity index (χ0n) is 10.5. The molecule has 0 spiro atoms. The lowest BCUT2D eigenvalue weighted by atomic mass is 10.2. The fraction of sp³-hybridized carbons (Fsp3) is 0.545. The van der Waals surface area contributed by atoms with E-state index in [2.05, 4.69) is 5.32 Å². The van der Waals surface area contributed by atoms with E-state index in [1.807, 2.05) is 13.8 Å². The van der Waals surface area contributed by atoms with Gasteiger partial charge >= 0.3 is 0 Å². The Hall–Kier alpha value is -1.89. The molecule has 18 heavy (non-hydrogen) atoms. The van der Waals surface area contributed by atoms with Crippen molar-refractivity contribution in [1.82, 2.24) is 9.88 Å². The van der Waals surface area contributed by atoms with Gasteiger partial charge in [0, 0.05) is 25.2 Å². The summed E-state index contributed by atoms with van der Waals surface area (Å²) in [5.74, 6) is -0.331. The second-order valence-electron chi connectivity index (χ2n) is 3.94. The number of amides is 1. The Labute approximate surface area is 105 Å². The third-order valence-electron chi connectivity index (χ3n) is 2.78. The number of carbonyl (C=O) groups excluding carboxylic acids is 1. The average molecular weight is 254 g/mol. The predicted octanol–water partition coefficient (Wildman–Crippen LogP) is 0.883. The molecule has 7 nitrogen and oxygen atoms in total. The highest BCUT2D eigenvalue weighted by atomic mass is 16.6. The Kier molecular flexibility index (Phi) is 4.85. The van der Waals surface area contributed by atoms with Crippen LogP contribution in [-0.4, -0.2) is 28.0 Å². The number of rotatable bonds is 6. The number of nitrogens with one attached hydrogen (secondary N) is 1. The molecule has 1 aromatic heterocycles. The summed E-state index contributed by atoms with van der Waals surface area (Å²) in [6.45, 7) is 4.58. The van der Waals surface area contributed by atoms with Crippen LogP contribution in [0.25, 0.3) is 0 Å². The van der Waals surface area contributed by atoms with E-state index < -0.39 is 4.92 Å². The molecule has 0 aliphatic carbocycles. The van der Waals surface area contributed by atoms with E-state index >= 15 is 0 Å². The first-order valence-electron chi connectivity index (χ1n) is 5.88. The van der Waals surface area contributed by atoms with Gasteiger partial charge in [-0.2, -0.15) is 0 Å². The molecule has 0 fully saturated rings. The first-order valence-corrected chi connectivity index (χ1v) is 5.88. The SMILES string of the molecule is CCC(CN)NC(=O)c1cc([N+](=O)[O-])cn1CC. The molecule has 1 rings (SSSR count). The molecule has 0 aliphatic rings. The highest BCUT2D eigenvalue weighted by Gasteiger charge is 2.19. The van der Waals surface area contributed by atoms with Crippen molar-refractivity contribution in [3.05, 3.63) is 28.1 Å². The minimum absolute atomic E-state index is 0.0807. The standard InChI is InChI=1S/C11H18N4O3/c1-3-8(6-12)13-11(16)10-5-9(15(17)18)7-14(10)4-2/h5,7-8H,3-4,6,12H2,1-2H3,(H,13,16). The smallest absolute Gasteiger partial charge is 0.287 e. The summed E-state index contributed by atoms with van der Waals surface area (Å²) in [5, 5.41) is 13.4. The Balaban J connectivity index is 2.93. The number of aryl methyl sites for hydroxylation is 1. The molecule has 0 aromatic carbocycles. The van der Waals surface area contributed by atoms with Crippen molar-refractivity contribution in [3.63, 3.8) is 0 Å². The van der Waals surface area contributed by atoms with Gasteiger partial charge in [-0.25, -0.2) is 0 Å². The highest BCUT2D eigenvalue weighted by Crippen LogP contribution is 2.16. The van der Waals surface area contributed by atoms with E-state index in [4.69, 9.17) is 5.73 Å². The Morgan fingerprint density at radius 3 is 2.72 bits per heavy atom. The van der Waals surface area contributed by atoms with Gasteiger partial charge in [0.15, 0.2) is 0 Å². The first kappa shape index (κ1) is 14.2. The van der Waals surface area contributed by atoms with Gasteiger partial charge in [-0.1, -0.05) is 6.92 Å². The van der Waals surface area contributed by atoms with Gasteiger partial charge in [-0.3, -0.25) is 14.9 Å². The number of carbonyl (C=O) groups is 1. The van der Waals surface area contributed by atoms with Crippen LogP contribution in [0.5, 0.6) is 0 Å². The van der Waals surface area contributed by atoms with Crippen LogP contribution < -0.4 is 11.1 Å². The zero-order valence-corrected chi connectivity index (χ0v) is 10.5. The van der Waals surface area contributed by atoms with Crippen LogP contribution >= 0.6 is 0 Å². The van der Waals surface area contributed by atoms with Crippen molar-refractivity contribution in [2.45, 2.75) is 32.9 Å². The van der Waals surface area contributed by atoms with Gasteiger partial charge < -0.3 is 15.6 Å². The third-order valence-corrected chi connectivity index (χ3v) is 2.78. The summed E-state index contributed by atoms with van der Waals surface area (Å²) < 4.78 is 1.55. The summed E-state index contributed by atoms with van der Waals surface area (Å²) >= 11 is 0. The molecule has 0 aliphatic heterocycles. The Bertz CT molecular complexity index is 437. The van der Waals surface area contributed by atoms with E-state index in [0.717, 1.165) is 6.42 Å². The van der Waals surface area contributed by atoms with Gasteiger partial charge in [-0.15, -0.1) is 0 Å². The number of nitrogens with two attached hydrogens (primary N) is 1. The van der Waals surface area contributed by atoms with Gasteiger partial charge in [-0.05, 0) is 13.3 Å². The molecule has 0 saturated heterocycles. The topological polar surface area (TPSA) is 103 Å². The zero-order chi connectivity index (χ0) is 13.7. The van der Waals surface area contributed by atoms with E-state index in [9.17, 15) is 14.9 Å². The van der Waals surface area contributed by atoms with Gasteiger partial charge in [0.25, 0.3) is 11.6 Å². The van der Waals surface area contributed by atoms with E-state index in [-0.39, 0.29) is 23.3 Å². The van der Waals surface area contributed by atoms with Gasteiger partial charge in [0.05, 0.1) is 11.1 Å². The molecule has 3 N–H and O–H groups in total. The minimum atomic E-state index is -0.511. The van der Waals surface area contributed by atoms with Crippen molar-refractivity contribution in [2.75, 3.05) is 6.54 Å². The fourth-order valence-electron chi connectivity index (χ4n) is 1.63. The van der Waals surface area contributed by atoms with Crippen molar-refractivity contribution >= 4 is 11.6 Å². The van der Waals surface area contributed by atoms with Crippen molar-refractivity contribution in [1.29, 1.82) is 0 Å². The lowest BCUT2D eigenvalue weighted by molar-refractivity contribution is -0.384. The molecule has 1 unspecified atom stereocenters. The fourth-order valence-corrected chi connectivity index (χ4v) is 1.63. The summed E-state index contributed by atoms with van der Waals surface area (Å²) in [5.41, 5.74) is 5.71. The number of hydrogen-bond acceptors (Lipinski definition) is 4. The van der Waals surface area contributed by atoms with Crippen LogP contribution in [0.3, 0.4) is 0 Å². The predicted molar refractivity (Wildman–Crippen MR) is 67.4 cm³/mol. The Morgan fingerprint density at radius 1 is 1.61 bits per heavy atom. The van der Waals surface area contributed by atoms with Gasteiger partial charge in [0.2, 0.25) is 0 Å². The molecule has 1 aromatic rings. The van der Waals surface area contributed by atoms with E-state index in [1.165, 1.54) is 12.3 Å². The van der Waals surface area contributed by atoms with Crippen LogP contribution in [0.15, 0.2) is 12.3 Å². The lowest BCUT2D eigenvalue weighted by Crippen LogP contribution is -2.40. The molecule has 1 heterocycles. The maximum absolute atomic E-state index is 12.0. The van der Waals surface area contributed by atoms with Gasteiger partial charge in [0.1, 0.15) is 5.69 Å². The summed E-state index contributed by atoms with van der Waals surface area (Å²) in [6, 6.07) is 1.17. The normalized spacial score (nSPS) is 12.2. The summed E-state index contributed by atoms with van der Waals surface area (Å²) in [4.78, 5) is 22.1. The monoisotopic (exact) mass is 254 g/mol.